The number of carbonyl (C=O) groups excluding carboxylic acids is 1. The molecule has 28 heavy (non-hydrogen) atoms. The molecule has 0 unspecified atom stereocenters. The van der Waals surface area contributed by atoms with Gasteiger partial charge in [0.15, 0.2) is 11.5 Å². The number of carbonyl (C=O) groups is 1. The zero-order valence-corrected chi connectivity index (χ0v) is 17.4. The number of ether oxygens (including phenoxy) is 2. The average molecular weight is 441 g/mol. The predicted molar refractivity (Wildman–Crippen MR) is 114 cm³/mol. The number of rotatable bonds is 8. The van der Waals surface area contributed by atoms with Gasteiger partial charge in [-0.25, -0.2) is 0 Å². The number of aryl methyl sites for hydroxylation is 1. The maximum atomic E-state index is 12.5. The summed E-state index contributed by atoms with van der Waals surface area (Å²) in [5, 5.41) is 12.2. The molecule has 6 heteroatoms. The molecule has 0 aromatic heterocycles. The van der Waals surface area contributed by atoms with Gasteiger partial charge in [-0.3, -0.25) is 4.79 Å². The topological polar surface area (TPSA) is 71.3 Å². The zero-order valence-electron chi connectivity index (χ0n) is 15.8. The molecule has 0 fully saturated rings. The molecule has 0 radical (unpaired) electrons. The Labute approximate surface area is 173 Å². The highest BCUT2D eigenvalue weighted by molar-refractivity contribution is 9.10. The highest BCUT2D eigenvalue weighted by Crippen LogP contribution is 2.35. The van der Waals surface area contributed by atoms with Gasteiger partial charge in [-0.1, -0.05) is 40.7 Å². The van der Waals surface area contributed by atoms with Crippen LogP contribution in [0.2, 0.25) is 0 Å². The highest BCUT2D eigenvalue weighted by Gasteiger charge is 2.14. The summed E-state index contributed by atoms with van der Waals surface area (Å²) in [5.41, 5.74) is 2.25. The maximum Gasteiger partial charge on any atom is 0.266 e. The van der Waals surface area contributed by atoms with E-state index in [9.17, 15) is 10.1 Å². The number of benzene rings is 2. The summed E-state index contributed by atoms with van der Waals surface area (Å²) in [6, 6.07) is 12.8. The normalized spacial score (nSPS) is 10.7. The number of hydrogen-bond acceptors (Lipinski definition) is 4. The Morgan fingerprint density at radius 3 is 2.68 bits per heavy atom. The van der Waals surface area contributed by atoms with Gasteiger partial charge in [-0.2, -0.15) is 5.26 Å². The van der Waals surface area contributed by atoms with Crippen LogP contribution in [-0.2, 0) is 4.79 Å². The first-order valence-electron chi connectivity index (χ1n) is 8.68. The van der Waals surface area contributed by atoms with Crippen LogP contribution in [0.4, 0.5) is 5.69 Å². The summed E-state index contributed by atoms with van der Waals surface area (Å²) in [7, 11) is 0. The van der Waals surface area contributed by atoms with Crippen molar-refractivity contribution >= 4 is 33.6 Å². The predicted octanol–water partition coefficient (Wildman–Crippen LogP) is 5.27. The summed E-state index contributed by atoms with van der Waals surface area (Å²) in [4.78, 5) is 12.5. The summed E-state index contributed by atoms with van der Waals surface area (Å²) >= 11 is 3.46. The van der Waals surface area contributed by atoms with Crippen molar-refractivity contribution in [2.45, 2.75) is 13.8 Å². The fraction of sp³-hybridized carbons (Fsp3) is 0.182. The minimum absolute atomic E-state index is 0.0237. The standard InChI is InChI=1S/C22H21BrN2O3/c1-4-9-28-21-13-19(23)16(12-20(21)27-5-2)11-17(14-24)22(26)25-18-8-6-7-15(3)10-18/h4,6-8,10-13H,1,5,9H2,2-3H3,(H,25,26)/b17-11+. The van der Waals surface area contributed by atoms with E-state index in [4.69, 9.17) is 9.47 Å². The molecule has 0 heterocycles. The third kappa shape index (κ3) is 5.73. The van der Waals surface area contributed by atoms with Gasteiger partial charge in [0.05, 0.1) is 6.61 Å². The van der Waals surface area contributed by atoms with Gasteiger partial charge in [0.2, 0.25) is 0 Å². The number of anilines is 1. The zero-order chi connectivity index (χ0) is 20.5. The molecule has 0 spiro atoms. The van der Waals surface area contributed by atoms with Crippen molar-refractivity contribution in [2.75, 3.05) is 18.5 Å². The number of nitrogens with zero attached hydrogens (tertiary/aromatic N) is 1. The quantitative estimate of drug-likeness (QED) is 0.344. The van der Waals surface area contributed by atoms with E-state index in [1.54, 1.807) is 24.3 Å². The number of halogens is 1. The SMILES string of the molecule is C=CCOc1cc(Br)c(/C=C(\C#N)C(=O)Nc2cccc(C)c2)cc1OCC. The van der Waals surface area contributed by atoms with Crippen LogP contribution in [0.25, 0.3) is 6.08 Å². The summed E-state index contributed by atoms with van der Waals surface area (Å²) in [5.74, 6) is 0.591. The molecule has 0 bridgehead atoms. The number of nitriles is 1. The second-order valence-electron chi connectivity index (χ2n) is 5.85. The van der Waals surface area contributed by atoms with E-state index in [1.807, 2.05) is 38.1 Å². The molecule has 0 saturated carbocycles. The molecule has 1 amide bonds. The van der Waals surface area contributed by atoms with Crippen LogP contribution >= 0.6 is 15.9 Å². The smallest absolute Gasteiger partial charge is 0.266 e. The van der Waals surface area contributed by atoms with Crippen molar-refractivity contribution < 1.29 is 14.3 Å². The first kappa shape index (κ1) is 21.3. The van der Waals surface area contributed by atoms with Crippen molar-refractivity contribution in [1.29, 1.82) is 5.26 Å². The van der Waals surface area contributed by atoms with E-state index in [0.717, 1.165) is 5.56 Å². The lowest BCUT2D eigenvalue weighted by Crippen LogP contribution is -2.13. The number of amides is 1. The molecule has 0 aliphatic carbocycles. The Morgan fingerprint density at radius 2 is 2.04 bits per heavy atom. The van der Waals surface area contributed by atoms with Gasteiger partial charge in [0.1, 0.15) is 18.2 Å². The lowest BCUT2D eigenvalue weighted by Gasteiger charge is -2.13. The minimum atomic E-state index is -0.482. The molecule has 1 N–H and O–H groups in total. The monoisotopic (exact) mass is 440 g/mol. The highest BCUT2D eigenvalue weighted by atomic mass is 79.9. The molecular formula is C22H21BrN2O3. The molecule has 0 saturated heterocycles. The van der Waals surface area contributed by atoms with Gasteiger partial charge in [0.25, 0.3) is 5.91 Å². The third-order valence-electron chi connectivity index (χ3n) is 3.66. The fourth-order valence-electron chi connectivity index (χ4n) is 2.42. The Balaban J connectivity index is 2.34. The van der Waals surface area contributed by atoms with Crippen molar-refractivity contribution in [3.8, 4) is 17.6 Å². The Hall–Kier alpha value is -3.04. The van der Waals surface area contributed by atoms with Crippen molar-refractivity contribution in [2.24, 2.45) is 0 Å². The average Bonchev–Trinajstić information content (AvgIpc) is 2.66. The van der Waals surface area contributed by atoms with Crippen LogP contribution in [0.3, 0.4) is 0 Å². The van der Waals surface area contributed by atoms with Crippen LogP contribution in [0, 0.1) is 18.3 Å². The first-order valence-corrected chi connectivity index (χ1v) is 9.47. The molecule has 5 nitrogen and oxygen atoms in total. The van der Waals surface area contributed by atoms with E-state index in [-0.39, 0.29) is 5.57 Å². The van der Waals surface area contributed by atoms with E-state index < -0.39 is 5.91 Å². The van der Waals surface area contributed by atoms with Crippen LogP contribution < -0.4 is 14.8 Å². The van der Waals surface area contributed by atoms with Crippen LogP contribution in [0.1, 0.15) is 18.1 Å². The van der Waals surface area contributed by atoms with Crippen molar-refractivity contribution in [1.82, 2.24) is 0 Å². The largest absolute Gasteiger partial charge is 0.490 e. The molecule has 2 aromatic carbocycles. The van der Waals surface area contributed by atoms with E-state index in [0.29, 0.717) is 40.4 Å². The van der Waals surface area contributed by atoms with Gasteiger partial charge in [-0.15, -0.1) is 0 Å². The molecular weight excluding hydrogens is 420 g/mol. The third-order valence-corrected chi connectivity index (χ3v) is 4.35. The van der Waals surface area contributed by atoms with E-state index >= 15 is 0 Å². The van der Waals surface area contributed by atoms with Crippen LogP contribution in [0.5, 0.6) is 11.5 Å². The van der Waals surface area contributed by atoms with E-state index in [1.165, 1.54) is 6.08 Å². The summed E-state index contributed by atoms with van der Waals surface area (Å²) in [6.07, 6.45) is 3.15. The molecule has 144 valence electrons. The van der Waals surface area contributed by atoms with Crippen LogP contribution in [0.15, 0.2) is 59.1 Å². The number of nitrogens with one attached hydrogen (secondary N) is 1. The molecule has 0 aliphatic heterocycles. The lowest BCUT2D eigenvalue weighted by atomic mass is 10.1. The van der Waals surface area contributed by atoms with Crippen molar-refractivity contribution in [3.05, 3.63) is 70.2 Å². The summed E-state index contributed by atoms with van der Waals surface area (Å²) < 4.78 is 11.9. The van der Waals surface area contributed by atoms with Gasteiger partial charge in [0, 0.05) is 10.2 Å². The van der Waals surface area contributed by atoms with Gasteiger partial charge < -0.3 is 14.8 Å². The van der Waals surface area contributed by atoms with Crippen molar-refractivity contribution in [3.63, 3.8) is 0 Å². The molecule has 2 aromatic rings. The van der Waals surface area contributed by atoms with Gasteiger partial charge in [-0.05, 0) is 55.3 Å². The maximum absolute atomic E-state index is 12.5. The van der Waals surface area contributed by atoms with Gasteiger partial charge >= 0.3 is 0 Å². The lowest BCUT2D eigenvalue weighted by molar-refractivity contribution is -0.112. The second-order valence-corrected chi connectivity index (χ2v) is 6.70. The molecule has 0 atom stereocenters. The molecule has 0 aliphatic rings. The first-order chi connectivity index (χ1) is 13.5. The van der Waals surface area contributed by atoms with E-state index in [2.05, 4.69) is 27.8 Å². The Morgan fingerprint density at radius 1 is 1.29 bits per heavy atom. The Kier molecular flexibility index (Phi) is 7.85. The molecule has 2 rings (SSSR count). The Bertz CT molecular complexity index is 945. The van der Waals surface area contributed by atoms with Crippen LogP contribution in [-0.4, -0.2) is 19.1 Å². The summed E-state index contributed by atoms with van der Waals surface area (Å²) in [6.45, 7) is 8.22. The minimum Gasteiger partial charge on any atom is -0.490 e. The fourth-order valence-corrected chi connectivity index (χ4v) is 2.85. The second kappa shape index (κ2) is 10.3. The number of hydrogen-bond donors (Lipinski definition) is 1.